The molecule has 46 valence electrons. The molecule has 8 heavy (non-hydrogen) atoms. The van der Waals surface area contributed by atoms with Gasteiger partial charge in [0.05, 0.1) is 0 Å². The molecule has 0 saturated heterocycles. The van der Waals surface area contributed by atoms with Crippen molar-refractivity contribution >= 4 is 17.5 Å². The van der Waals surface area contributed by atoms with Gasteiger partial charge in [-0.05, 0) is 6.92 Å². The van der Waals surface area contributed by atoms with Crippen LogP contribution in [0.15, 0.2) is 11.2 Å². The van der Waals surface area contributed by atoms with Crippen molar-refractivity contribution in [3.05, 3.63) is 11.2 Å². The van der Waals surface area contributed by atoms with Crippen LogP contribution < -0.4 is 5.32 Å². The summed E-state index contributed by atoms with van der Waals surface area (Å²) in [6.45, 7) is 3.12. The Labute approximate surface area is 53.5 Å². The molecular formula is C5H8ClNO. The molecule has 0 radical (unpaired) electrons. The monoisotopic (exact) mass is 133 g/mol. The fourth-order valence-electron chi connectivity index (χ4n) is 0.201. The fraction of sp³-hybridized carbons (Fsp3) is 0.400. The van der Waals surface area contributed by atoms with Crippen LogP contribution >= 0.6 is 11.6 Å². The number of nitrogens with one attached hydrogen (secondary N) is 1. The van der Waals surface area contributed by atoms with Gasteiger partial charge < -0.3 is 5.32 Å². The second-order valence-corrected chi connectivity index (χ2v) is 2.03. The van der Waals surface area contributed by atoms with Gasteiger partial charge in [0.15, 0.2) is 0 Å². The second-order valence-electron chi connectivity index (χ2n) is 1.43. The number of hydrogen-bond donors (Lipinski definition) is 1. The zero-order chi connectivity index (χ0) is 6.57. The average molecular weight is 134 g/mol. The quantitative estimate of drug-likeness (QED) is 0.573. The Kier molecular flexibility index (Phi) is 3.28. The van der Waals surface area contributed by atoms with E-state index in [9.17, 15) is 4.79 Å². The largest absolute Gasteiger partial charge is 0.332 e. The van der Waals surface area contributed by atoms with Crippen LogP contribution in [0.1, 0.15) is 13.8 Å². The summed E-state index contributed by atoms with van der Waals surface area (Å²) in [4.78, 5) is 10.1. The van der Waals surface area contributed by atoms with Gasteiger partial charge >= 0.3 is 0 Å². The summed E-state index contributed by atoms with van der Waals surface area (Å²) in [5, 5.41) is 2.98. The van der Waals surface area contributed by atoms with Crippen molar-refractivity contribution in [1.82, 2.24) is 5.32 Å². The first-order chi connectivity index (χ1) is 3.63. The van der Waals surface area contributed by atoms with Gasteiger partial charge in [0, 0.05) is 18.2 Å². The van der Waals surface area contributed by atoms with Gasteiger partial charge in [0.2, 0.25) is 5.91 Å². The molecule has 3 heteroatoms. The Balaban J connectivity index is 3.45. The molecule has 0 aliphatic heterocycles. The van der Waals surface area contributed by atoms with Crippen molar-refractivity contribution in [2.45, 2.75) is 13.8 Å². The van der Waals surface area contributed by atoms with Gasteiger partial charge in [-0.2, -0.15) is 0 Å². The van der Waals surface area contributed by atoms with Crippen LogP contribution in [0.25, 0.3) is 0 Å². The minimum atomic E-state index is -0.106. The molecule has 0 aromatic carbocycles. The minimum absolute atomic E-state index is 0.106. The summed E-state index contributed by atoms with van der Waals surface area (Å²) in [7, 11) is 0. The van der Waals surface area contributed by atoms with Gasteiger partial charge in [0.1, 0.15) is 0 Å². The summed E-state index contributed by atoms with van der Waals surface area (Å²) < 4.78 is 0. The number of allylic oxidation sites excluding steroid dienone is 1. The zero-order valence-corrected chi connectivity index (χ0v) is 5.62. The number of carbonyl (C=O) groups is 1. The van der Waals surface area contributed by atoms with Crippen LogP contribution in [0.4, 0.5) is 0 Å². The van der Waals surface area contributed by atoms with Crippen LogP contribution in [-0.4, -0.2) is 5.91 Å². The summed E-state index contributed by atoms with van der Waals surface area (Å²) in [6, 6.07) is 0. The topological polar surface area (TPSA) is 29.1 Å². The first kappa shape index (κ1) is 7.50. The van der Waals surface area contributed by atoms with E-state index < -0.39 is 0 Å². The molecule has 0 unspecified atom stereocenters. The molecule has 0 aliphatic rings. The van der Waals surface area contributed by atoms with Gasteiger partial charge in [-0.15, -0.1) is 0 Å². The van der Waals surface area contributed by atoms with Crippen LogP contribution in [0.5, 0.6) is 0 Å². The third kappa shape index (κ3) is 5.50. The lowest BCUT2D eigenvalue weighted by molar-refractivity contribution is -0.118. The van der Waals surface area contributed by atoms with E-state index in [-0.39, 0.29) is 5.91 Å². The third-order valence-electron chi connectivity index (χ3n) is 0.474. The molecule has 0 aromatic heterocycles. The van der Waals surface area contributed by atoms with E-state index in [1.54, 1.807) is 6.92 Å². The van der Waals surface area contributed by atoms with Crippen molar-refractivity contribution in [3.8, 4) is 0 Å². The number of halogens is 1. The van der Waals surface area contributed by atoms with Crippen LogP contribution in [0, 0.1) is 0 Å². The SMILES string of the molecule is CC(=O)N/C=C(\C)Cl. The minimum Gasteiger partial charge on any atom is -0.332 e. The Morgan fingerprint density at radius 3 is 2.25 bits per heavy atom. The molecule has 0 spiro atoms. The summed E-state index contributed by atoms with van der Waals surface area (Å²) >= 11 is 5.37. The van der Waals surface area contributed by atoms with Crippen LogP contribution in [-0.2, 0) is 4.79 Å². The highest BCUT2D eigenvalue weighted by Crippen LogP contribution is 1.93. The molecular weight excluding hydrogens is 126 g/mol. The molecule has 0 saturated carbocycles. The Hall–Kier alpha value is -0.500. The van der Waals surface area contributed by atoms with E-state index in [0.717, 1.165) is 0 Å². The smallest absolute Gasteiger partial charge is 0.220 e. The van der Waals surface area contributed by atoms with Gasteiger partial charge in [0.25, 0.3) is 0 Å². The van der Waals surface area contributed by atoms with E-state index in [1.165, 1.54) is 13.1 Å². The van der Waals surface area contributed by atoms with E-state index >= 15 is 0 Å². The first-order valence-electron chi connectivity index (χ1n) is 2.22. The van der Waals surface area contributed by atoms with E-state index in [2.05, 4.69) is 5.32 Å². The first-order valence-corrected chi connectivity index (χ1v) is 2.60. The predicted molar refractivity (Wildman–Crippen MR) is 33.4 cm³/mol. The molecule has 0 aromatic rings. The normalized spacial score (nSPS) is 11.1. The zero-order valence-electron chi connectivity index (χ0n) is 4.86. The third-order valence-corrected chi connectivity index (χ3v) is 0.583. The van der Waals surface area contributed by atoms with E-state index in [0.29, 0.717) is 5.03 Å². The standard InChI is InChI=1S/C5H8ClNO/c1-4(6)3-7-5(2)8/h3H,1-2H3,(H,7,8)/b4-3+. The molecule has 2 nitrogen and oxygen atoms in total. The molecule has 0 atom stereocenters. The highest BCUT2D eigenvalue weighted by atomic mass is 35.5. The number of hydrogen-bond acceptors (Lipinski definition) is 1. The van der Waals surface area contributed by atoms with Crippen LogP contribution in [0.2, 0.25) is 0 Å². The van der Waals surface area contributed by atoms with Crippen molar-refractivity contribution < 1.29 is 4.79 Å². The number of amides is 1. The highest BCUT2D eigenvalue weighted by Gasteiger charge is 1.82. The lowest BCUT2D eigenvalue weighted by Gasteiger charge is -1.89. The van der Waals surface area contributed by atoms with Gasteiger partial charge in [-0.25, -0.2) is 0 Å². The molecule has 0 heterocycles. The maximum Gasteiger partial charge on any atom is 0.220 e. The average Bonchev–Trinajstić information content (AvgIpc) is 1.61. The maximum absolute atomic E-state index is 10.1. The predicted octanol–water partition coefficient (Wildman–Crippen LogP) is 1.22. The molecule has 0 rings (SSSR count). The lowest BCUT2D eigenvalue weighted by atomic mass is 10.6. The Morgan fingerprint density at radius 2 is 2.12 bits per heavy atom. The number of carbonyl (C=O) groups excluding carboxylic acids is 1. The molecule has 0 aliphatic carbocycles. The highest BCUT2D eigenvalue weighted by molar-refractivity contribution is 6.29. The Bertz CT molecular complexity index is 116. The Morgan fingerprint density at radius 1 is 1.62 bits per heavy atom. The van der Waals surface area contributed by atoms with E-state index in [1.807, 2.05) is 0 Å². The molecule has 0 fully saturated rings. The van der Waals surface area contributed by atoms with Crippen molar-refractivity contribution in [2.24, 2.45) is 0 Å². The summed E-state index contributed by atoms with van der Waals surface area (Å²) in [6.07, 6.45) is 1.45. The lowest BCUT2D eigenvalue weighted by Crippen LogP contribution is -2.11. The van der Waals surface area contributed by atoms with Crippen molar-refractivity contribution in [1.29, 1.82) is 0 Å². The molecule has 1 N–H and O–H groups in total. The molecule has 1 amide bonds. The van der Waals surface area contributed by atoms with E-state index in [4.69, 9.17) is 11.6 Å². The van der Waals surface area contributed by atoms with Gasteiger partial charge in [-0.3, -0.25) is 4.79 Å². The fourth-order valence-corrected chi connectivity index (χ4v) is 0.256. The number of rotatable bonds is 1. The maximum atomic E-state index is 10.1. The van der Waals surface area contributed by atoms with Gasteiger partial charge in [-0.1, -0.05) is 11.6 Å². The molecule has 0 bridgehead atoms. The van der Waals surface area contributed by atoms with Crippen molar-refractivity contribution in [3.63, 3.8) is 0 Å². The second kappa shape index (κ2) is 3.50. The van der Waals surface area contributed by atoms with Crippen molar-refractivity contribution in [2.75, 3.05) is 0 Å². The summed E-state index contributed by atoms with van der Waals surface area (Å²) in [5.41, 5.74) is 0. The van der Waals surface area contributed by atoms with Crippen LogP contribution in [0.3, 0.4) is 0 Å². The summed E-state index contributed by atoms with van der Waals surface area (Å²) in [5.74, 6) is -0.106.